The van der Waals surface area contributed by atoms with Gasteiger partial charge < -0.3 is 0 Å². The van der Waals surface area contributed by atoms with Gasteiger partial charge in [-0.2, -0.15) is 0 Å². The van der Waals surface area contributed by atoms with Crippen LogP contribution in [0.5, 0.6) is 0 Å². The van der Waals surface area contributed by atoms with E-state index in [2.05, 4.69) is 180 Å². The molecule has 50 heavy (non-hydrogen) atoms. The number of rotatable bonds is 5. The van der Waals surface area contributed by atoms with E-state index in [-0.39, 0.29) is 0 Å². The van der Waals surface area contributed by atoms with Crippen molar-refractivity contribution in [3.05, 3.63) is 210 Å². The number of nitrogens with zero attached hydrogens (tertiary/aromatic N) is 3. The first-order valence-corrected chi connectivity index (χ1v) is 17.1. The fraction of sp³-hybridized carbons (Fsp3) is 0.0213. The van der Waals surface area contributed by atoms with Crippen LogP contribution in [0.2, 0.25) is 0 Å². The Hall–Kier alpha value is -6.58. The van der Waals surface area contributed by atoms with Gasteiger partial charge in [0.25, 0.3) is 0 Å². The average Bonchev–Trinajstić information content (AvgIpc) is 3.68. The highest BCUT2D eigenvalue weighted by molar-refractivity contribution is 6.11. The second kappa shape index (κ2) is 11.3. The van der Waals surface area contributed by atoms with Gasteiger partial charge >= 0.3 is 0 Å². The summed E-state index contributed by atoms with van der Waals surface area (Å²) in [6.07, 6.45) is 0. The summed E-state index contributed by atoms with van der Waals surface area (Å²) in [4.78, 5) is 10.6. The van der Waals surface area contributed by atoms with Crippen molar-refractivity contribution in [2.45, 2.75) is 5.41 Å². The Morgan fingerprint density at radius 2 is 0.900 bits per heavy atom. The molecule has 0 saturated carbocycles. The second-order valence-electron chi connectivity index (χ2n) is 13.0. The Bertz CT molecular complexity index is 2580. The van der Waals surface area contributed by atoms with E-state index in [1.165, 1.54) is 44.2 Å². The van der Waals surface area contributed by atoms with Gasteiger partial charge in [-0.1, -0.05) is 164 Å². The largest absolute Gasteiger partial charge is 0.278 e. The van der Waals surface area contributed by atoms with Crippen LogP contribution in [0.1, 0.15) is 22.3 Å². The Morgan fingerprint density at radius 3 is 1.52 bits per heavy atom. The summed E-state index contributed by atoms with van der Waals surface area (Å²) < 4.78 is 2.27. The third-order valence-corrected chi connectivity index (χ3v) is 10.3. The van der Waals surface area contributed by atoms with Crippen molar-refractivity contribution in [2.24, 2.45) is 0 Å². The standard InChI is InChI=1S/C47H31N3/c1-5-17-32(18-6-1)42-31-43(33-19-7-2-8-20-33)49-46(48-42)50-44-28-16-14-26-37(44)39-29-38-36-25-13-15-27-40(36)47(41(38)30-45(39)50,34-21-9-3-10-22-34)35-23-11-4-12-24-35/h1-31H. The Balaban J connectivity index is 1.34. The van der Waals surface area contributed by atoms with E-state index in [1.807, 2.05) is 12.1 Å². The minimum atomic E-state index is -0.508. The zero-order valence-corrected chi connectivity index (χ0v) is 27.2. The van der Waals surface area contributed by atoms with Gasteiger partial charge in [0, 0.05) is 21.9 Å². The van der Waals surface area contributed by atoms with Crippen LogP contribution in [0.15, 0.2) is 188 Å². The molecule has 10 rings (SSSR count). The van der Waals surface area contributed by atoms with E-state index >= 15 is 0 Å². The molecule has 2 aromatic heterocycles. The molecule has 1 aliphatic rings. The highest BCUT2D eigenvalue weighted by Gasteiger charge is 2.46. The third-order valence-electron chi connectivity index (χ3n) is 10.3. The third kappa shape index (κ3) is 4.17. The second-order valence-corrected chi connectivity index (χ2v) is 13.0. The zero-order chi connectivity index (χ0) is 33.1. The average molecular weight is 638 g/mol. The quantitative estimate of drug-likeness (QED) is 0.188. The van der Waals surface area contributed by atoms with E-state index in [1.54, 1.807) is 0 Å². The molecule has 0 bridgehead atoms. The first-order valence-electron chi connectivity index (χ1n) is 17.1. The molecule has 0 unspecified atom stereocenters. The Labute approximate surface area is 290 Å². The van der Waals surface area contributed by atoms with Gasteiger partial charge in [0.2, 0.25) is 5.95 Å². The number of hydrogen-bond donors (Lipinski definition) is 0. The van der Waals surface area contributed by atoms with Crippen molar-refractivity contribution < 1.29 is 0 Å². The molecule has 0 saturated heterocycles. The SMILES string of the molecule is c1ccc(-c2cc(-c3ccccc3)nc(-n3c4ccccc4c4cc5c(cc43)C(c3ccccc3)(c3ccccc3)c3ccccc3-5)n2)cc1. The zero-order valence-electron chi connectivity index (χ0n) is 27.2. The molecule has 0 spiro atoms. The fourth-order valence-electron chi connectivity index (χ4n) is 8.17. The van der Waals surface area contributed by atoms with E-state index in [0.717, 1.165) is 33.5 Å². The van der Waals surface area contributed by atoms with Crippen LogP contribution in [-0.2, 0) is 5.41 Å². The van der Waals surface area contributed by atoms with Crippen LogP contribution < -0.4 is 0 Å². The number of para-hydroxylation sites is 1. The summed E-state index contributed by atoms with van der Waals surface area (Å²) in [6, 6.07) is 67.3. The van der Waals surface area contributed by atoms with E-state index in [9.17, 15) is 0 Å². The lowest BCUT2D eigenvalue weighted by Gasteiger charge is -2.34. The molecular formula is C47H31N3. The molecule has 0 atom stereocenters. The predicted octanol–water partition coefficient (Wildman–Crippen LogP) is 11.3. The van der Waals surface area contributed by atoms with Gasteiger partial charge in [0.1, 0.15) is 0 Å². The molecule has 0 radical (unpaired) electrons. The lowest BCUT2D eigenvalue weighted by Crippen LogP contribution is -2.28. The number of benzene rings is 7. The van der Waals surface area contributed by atoms with Gasteiger partial charge in [-0.25, -0.2) is 9.97 Å². The number of hydrogen-bond acceptors (Lipinski definition) is 2. The summed E-state index contributed by atoms with van der Waals surface area (Å²) in [6.45, 7) is 0. The minimum absolute atomic E-state index is 0.508. The molecule has 3 nitrogen and oxygen atoms in total. The topological polar surface area (TPSA) is 30.7 Å². The molecule has 2 heterocycles. The van der Waals surface area contributed by atoms with Crippen molar-refractivity contribution in [3.8, 4) is 39.6 Å². The number of fused-ring (bicyclic) bond motifs is 6. The molecule has 0 amide bonds. The van der Waals surface area contributed by atoms with Crippen LogP contribution in [0, 0.1) is 0 Å². The maximum atomic E-state index is 5.31. The van der Waals surface area contributed by atoms with Crippen LogP contribution in [-0.4, -0.2) is 14.5 Å². The van der Waals surface area contributed by atoms with Gasteiger partial charge in [-0.3, -0.25) is 4.57 Å². The lowest BCUT2D eigenvalue weighted by molar-refractivity contribution is 0.769. The normalized spacial score (nSPS) is 13.0. The molecule has 3 heteroatoms. The van der Waals surface area contributed by atoms with E-state index in [0.29, 0.717) is 5.95 Å². The molecule has 7 aromatic carbocycles. The van der Waals surface area contributed by atoms with Gasteiger partial charge in [-0.15, -0.1) is 0 Å². The smallest absolute Gasteiger partial charge is 0.235 e. The molecule has 0 aliphatic heterocycles. The van der Waals surface area contributed by atoms with Crippen molar-refractivity contribution >= 4 is 21.8 Å². The lowest BCUT2D eigenvalue weighted by atomic mass is 9.67. The van der Waals surface area contributed by atoms with Crippen molar-refractivity contribution in [1.82, 2.24) is 14.5 Å². The Kier molecular flexibility index (Phi) is 6.40. The van der Waals surface area contributed by atoms with Gasteiger partial charge in [0.05, 0.1) is 27.8 Å². The Morgan fingerprint density at radius 1 is 0.380 bits per heavy atom. The molecule has 0 N–H and O–H groups in total. The van der Waals surface area contributed by atoms with Crippen LogP contribution in [0.3, 0.4) is 0 Å². The molecular weight excluding hydrogens is 607 g/mol. The molecule has 0 fully saturated rings. The predicted molar refractivity (Wildman–Crippen MR) is 205 cm³/mol. The minimum Gasteiger partial charge on any atom is -0.278 e. The fourth-order valence-corrected chi connectivity index (χ4v) is 8.17. The van der Waals surface area contributed by atoms with Crippen LogP contribution >= 0.6 is 0 Å². The first-order chi connectivity index (χ1) is 24.8. The monoisotopic (exact) mass is 637 g/mol. The highest BCUT2D eigenvalue weighted by Crippen LogP contribution is 2.57. The molecule has 9 aromatic rings. The van der Waals surface area contributed by atoms with Crippen LogP contribution in [0.25, 0.3) is 61.4 Å². The summed E-state index contributed by atoms with van der Waals surface area (Å²) in [5, 5.41) is 2.36. The van der Waals surface area contributed by atoms with Crippen LogP contribution in [0.4, 0.5) is 0 Å². The van der Waals surface area contributed by atoms with Crippen molar-refractivity contribution in [3.63, 3.8) is 0 Å². The van der Waals surface area contributed by atoms with Gasteiger partial charge in [-0.05, 0) is 57.6 Å². The summed E-state index contributed by atoms with van der Waals surface area (Å²) in [5.74, 6) is 0.650. The van der Waals surface area contributed by atoms with Crippen molar-refractivity contribution in [1.29, 1.82) is 0 Å². The number of aromatic nitrogens is 3. The maximum absolute atomic E-state index is 5.31. The van der Waals surface area contributed by atoms with Gasteiger partial charge in [0.15, 0.2) is 0 Å². The van der Waals surface area contributed by atoms with E-state index in [4.69, 9.17) is 9.97 Å². The highest BCUT2D eigenvalue weighted by atomic mass is 15.2. The molecule has 1 aliphatic carbocycles. The summed E-state index contributed by atoms with van der Waals surface area (Å²) in [7, 11) is 0. The summed E-state index contributed by atoms with van der Waals surface area (Å²) in [5.41, 5.74) is 13.1. The summed E-state index contributed by atoms with van der Waals surface area (Å²) >= 11 is 0. The molecule has 234 valence electrons. The van der Waals surface area contributed by atoms with Crippen molar-refractivity contribution in [2.75, 3.05) is 0 Å². The first kappa shape index (κ1) is 28.4. The van der Waals surface area contributed by atoms with E-state index < -0.39 is 5.41 Å². The maximum Gasteiger partial charge on any atom is 0.235 e.